The number of benzene rings is 1. The Morgan fingerprint density at radius 1 is 1.47 bits per heavy atom. The van der Waals surface area contributed by atoms with Crippen molar-refractivity contribution in [3.8, 4) is 0 Å². The molecule has 1 aromatic carbocycles. The lowest BCUT2D eigenvalue weighted by Crippen LogP contribution is -2.37. The molecular formula is C13H19ClFNO. The number of hydrogen-bond acceptors (Lipinski definition) is 2. The Balaban J connectivity index is 2.81. The second-order valence-corrected chi connectivity index (χ2v) is 5.48. The fraction of sp³-hybridized carbons (Fsp3) is 0.538. The maximum absolute atomic E-state index is 13.0. The highest BCUT2D eigenvalue weighted by molar-refractivity contribution is 6.30. The van der Waals surface area contributed by atoms with Crippen LogP contribution in [0, 0.1) is 5.82 Å². The monoisotopic (exact) mass is 259 g/mol. The van der Waals surface area contributed by atoms with Gasteiger partial charge in [-0.2, -0.15) is 0 Å². The quantitative estimate of drug-likeness (QED) is 0.897. The van der Waals surface area contributed by atoms with Gasteiger partial charge in [0.25, 0.3) is 0 Å². The lowest BCUT2D eigenvalue weighted by molar-refractivity contribution is 0.0334. The molecule has 0 aliphatic heterocycles. The maximum atomic E-state index is 13.0. The first-order valence-corrected chi connectivity index (χ1v) is 5.96. The second kappa shape index (κ2) is 5.34. The zero-order valence-corrected chi connectivity index (χ0v) is 11.4. The van der Waals surface area contributed by atoms with Crippen molar-refractivity contribution in [1.29, 1.82) is 0 Å². The van der Waals surface area contributed by atoms with E-state index in [1.807, 2.05) is 18.9 Å². The Morgan fingerprint density at radius 2 is 2.06 bits per heavy atom. The van der Waals surface area contributed by atoms with Crippen LogP contribution in [0.15, 0.2) is 18.2 Å². The van der Waals surface area contributed by atoms with Gasteiger partial charge in [-0.25, -0.2) is 4.39 Å². The van der Waals surface area contributed by atoms with Crippen molar-refractivity contribution in [2.45, 2.75) is 32.4 Å². The van der Waals surface area contributed by atoms with Gasteiger partial charge in [0, 0.05) is 12.6 Å². The molecule has 96 valence electrons. The number of rotatable bonds is 4. The Kier molecular flexibility index (Phi) is 4.53. The van der Waals surface area contributed by atoms with Crippen LogP contribution in [-0.2, 0) is 0 Å². The largest absolute Gasteiger partial charge is 0.389 e. The van der Waals surface area contributed by atoms with Crippen LogP contribution in [0.25, 0.3) is 0 Å². The van der Waals surface area contributed by atoms with Crippen molar-refractivity contribution in [1.82, 2.24) is 4.90 Å². The fourth-order valence-corrected chi connectivity index (χ4v) is 1.96. The average Bonchev–Trinajstić information content (AvgIpc) is 2.18. The van der Waals surface area contributed by atoms with E-state index in [4.69, 9.17) is 11.6 Å². The zero-order chi connectivity index (χ0) is 13.2. The summed E-state index contributed by atoms with van der Waals surface area (Å²) >= 11 is 5.75. The first-order chi connectivity index (χ1) is 7.70. The SMILES string of the molecule is CC(c1ccc(F)c(Cl)c1)N(C)CC(C)(C)O. The molecular weight excluding hydrogens is 241 g/mol. The highest BCUT2D eigenvalue weighted by atomic mass is 35.5. The maximum Gasteiger partial charge on any atom is 0.141 e. The molecule has 0 spiro atoms. The van der Waals surface area contributed by atoms with Crippen LogP contribution < -0.4 is 0 Å². The molecule has 0 aliphatic carbocycles. The van der Waals surface area contributed by atoms with E-state index in [2.05, 4.69) is 0 Å². The molecule has 17 heavy (non-hydrogen) atoms. The smallest absolute Gasteiger partial charge is 0.141 e. The van der Waals surface area contributed by atoms with Crippen LogP contribution in [0.2, 0.25) is 5.02 Å². The first kappa shape index (κ1) is 14.4. The lowest BCUT2D eigenvalue weighted by atomic mass is 10.0. The summed E-state index contributed by atoms with van der Waals surface area (Å²) in [5, 5.41) is 9.89. The van der Waals surface area contributed by atoms with Crippen LogP contribution in [0.4, 0.5) is 4.39 Å². The zero-order valence-electron chi connectivity index (χ0n) is 10.7. The normalized spacial score (nSPS) is 14.1. The standard InChI is InChI=1S/C13H19ClFNO/c1-9(16(4)8-13(2,3)17)10-5-6-12(15)11(14)7-10/h5-7,9,17H,8H2,1-4H3. The van der Waals surface area contributed by atoms with E-state index in [-0.39, 0.29) is 11.1 Å². The molecule has 0 heterocycles. The first-order valence-electron chi connectivity index (χ1n) is 5.58. The Bertz CT molecular complexity index is 389. The Labute approximate surface area is 107 Å². The lowest BCUT2D eigenvalue weighted by Gasteiger charge is -2.30. The molecule has 0 fully saturated rings. The van der Waals surface area contributed by atoms with Gasteiger partial charge < -0.3 is 5.11 Å². The molecule has 0 aliphatic rings. The van der Waals surface area contributed by atoms with Gasteiger partial charge in [-0.05, 0) is 45.5 Å². The third-order valence-corrected chi connectivity index (χ3v) is 3.01. The van der Waals surface area contributed by atoms with Crippen molar-refractivity contribution >= 4 is 11.6 Å². The predicted molar refractivity (Wildman–Crippen MR) is 68.8 cm³/mol. The summed E-state index contributed by atoms with van der Waals surface area (Å²) in [6.45, 7) is 6.04. The van der Waals surface area contributed by atoms with Gasteiger partial charge in [0.2, 0.25) is 0 Å². The van der Waals surface area contributed by atoms with Crippen molar-refractivity contribution in [2.75, 3.05) is 13.6 Å². The molecule has 2 nitrogen and oxygen atoms in total. The Morgan fingerprint density at radius 3 is 2.53 bits per heavy atom. The predicted octanol–water partition coefficient (Wildman–Crippen LogP) is 3.24. The van der Waals surface area contributed by atoms with Gasteiger partial charge in [-0.3, -0.25) is 4.90 Å². The van der Waals surface area contributed by atoms with Crippen molar-refractivity contribution < 1.29 is 9.50 Å². The highest BCUT2D eigenvalue weighted by Crippen LogP contribution is 2.24. The molecule has 0 saturated heterocycles. The van der Waals surface area contributed by atoms with Gasteiger partial charge in [-0.15, -0.1) is 0 Å². The number of halogens is 2. The summed E-state index contributed by atoms with van der Waals surface area (Å²) in [6.07, 6.45) is 0. The van der Waals surface area contributed by atoms with E-state index in [1.54, 1.807) is 26.0 Å². The Hall–Kier alpha value is -0.640. The summed E-state index contributed by atoms with van der Waals surface area (Å²) < 4.78 is 13.0. The third-order valence-electron chi connectivity index (χ3n) is 2.72. The summed E-state index contributed by atoms with van der Waals surface area (Å²) in [6, 6.07) is 4.78. The van der Waals surface area contributed by atoms with Crippen LogP contribution in [-0.4, -0.2) is 29.2 Å². The molecule has 1 aromatic rings. The van der Waals surface area contributed by atoms with Crippen LogP contribution in [0.1, 0.15) is 32.4 Å². The van der Waals surface area contributed by atoms with E-state index >= 15 is 0 Å². The number of aliphatic hydroxyl groups is 1. The molecule has 4 heteroatoms. The summed E-state index contributed by atoms with van der Waals surface area (Å²) in [5.74, 6) is -0.409. The summed E-state index contributed by atoms with van der Waals surface area (Å²) in [5.41, 5.74) is 0.176. The second-order valence-electron chi connectivity index (χ2n) is 5.08. The summed E-state index contributed by atoms with van der Waals surface area (Å²) in [7, 11) is 1.92. The molecule has 1 N–H and O–H groups in total. The molecule has 0 amide bonds. The molecule has 1 unspecified atom stereocenters. The summed E-state index contributed by atoms with van der Waals surface area (Å²) in [4.78, 5) is 2.00. The van der Waals surface area contributed by atoms with E-state index in [0.717, 1.165) is 5.56 Å². The van der Waals surface area contributed by atoms with Gasteiger partial charge in [0.1, 0.15) is 5.82 Å². The highest BCUT2D eigenvalue weighted by Gasteiger charge is 2.20. The minimum absolute atomic E-state index is 0.0690. The van der Waals surface area contributed by atoms with Gasteiger partial charge >= 0.3 is 0 Å². The molecule has 0 aromatic heterocycles. The minimum Gasteiger partial charge on any atom is -0.389 e. The van der Waals surface area contributed by atoms with Crippen molar-refractivity contribution in [2.24, 2.45) is 0 Å². The fourth-order valence-electron chi connectivity index (χ4n) is 1.77. The topological polar surface area (TPSA) is 23.5 Å². The van der Waals surface area contributed by atoms with Gasteiger partial charge in [-0.1, -0.05) is 17.7 Å². The number of nitrogens with zero attached hydrogens (tertiary/aromatic N) is 1. The van der Waals surface area contributed by atoms with Crippen molar-refractivity contribution in [3.63, 3.8) is 0 Å². The third kappa shape index (κ3) is 4.26. The van der Waals surface area contributed by atoms with E-state index in [0.29, 0.717) is 6.54 Å². The average molecular weight is 260 g/mol. The molecule has 0 radical (unpaired) electrons. The molecule has 0 bridgehead atoms. The van der Waals surface area contributed by atoms with E-state index in [9.17, 15) is 9.50 Å². The molecule has 1 atom stereocenters. The van der Waals surface area contributed by atoms with Gasteiger partial charge in [0.15, 0.2) is 0 Å². The van der Waals surface area contributed by atoms with Crippen LogP contribution >= 0.6 is 11.6 Å². The molecule has 0 saturated carbocycles. The molecule has 1 rings (SSSR count). The number of likely N-dealkylation sites (N-methyl/N-ethyl adjacent to an activating group) is 1. The van der Waals surface area contributed by atoms with Crippen molar-refractivity contribution in [3.05, 3.63) is 34.6 Å². The van der Waals surface area contributed by atoms with Crippen LogP contribution in [0.3, 0.4) is 0 Å². The van der Waals surface area contributed by atoms with Crippen LogP contribution in [0.5, 0.6) is 0 Å². The van der Waals surface area contributed by atoms with Gasteiger partial charge in [0.05, 0.1) is 10.6 Å². The number of hydrogen-bond donors (Lipinski definition) is 1. The van der Waals surface area contributed by atoms with E-state index < -0.39 is 11.4 Å². The van der Waals surface area contributed by atoms with E-state index in [1.165, 1.54) is 6.07 Å². The minimum atomic E-state index is -0.757.